The maximum absolute atomic E-state index is 13.2. The van der Waals surface area contributed by atoms with Crippen molar-refractivity contribution >= 4 is 5.91 Å². The molecular weight excluding hydrogens is 383 g/mol. The zero-order chi connectivity index (χ0) is 21.3. The van der Waals surface area contributed by atoms with Crippen molar-refractivity contribution in [2.45, 2.75) is 19.5 Å². The van der Waals surface area contributed by atoms with Crippen LogP contribution in [0.1, 0.15) is 28.0 Å². The first kappa shape index (κ1) is 21.6. The van der Waals surface area contributed by atoms with E-state index in [0.29, 0.717) is 37.6 Å². The monoisotopic (exact) mass is 410 g/mol. The third-order valence-electron chi connectivity index (χ3n) is 4.94. The molecule has 3 rings (SSSR count). The fourth-order valence-electron chi connectivity index (χ4n) is 3.30. The fourth-order valence-corrected chi connectivity index (χ4v) is 3.30. The Hall–Kier alpha value is -3.12. The molecule has 0 aliphatic carbocycles. The van der Waals surface area contributed by atoms with Gasteiger partial charge in [0.1, 0.15) is 11.6 Å². The molecule has 0 aliphatic rings. The van der Waals surface area contributed by atoms with Crippen LogP contribution in [0.3, 0.4) is 0 Å². The van der Waals surface area contributed by atoms with Crippen molar-refractivity contribution in [1.29, 1.82) is 0 Å². The van der Waals surface area contributed by atoms with Gasteiger partial charge in [-0.1, -0.05) is 12.1 Å². The maximum Gasteiger partial charge on any atom is 0.254 e. The second-order valence-corrected chi connectivity index (χ2v) is 7.06. The smallest absolute Gasteiger partial charge is 0.254 e. The van der Waals surface area contributed by atoms with Gasteiger partial charge in [-0.05, 0) is 60.5 Å². The fraction of sp³-hybridized carbons (Fsp3) is 0.292. The van der Waals surface area contributed by atoms with E-state index in [0.717, 1.165) is 17.7 Å². The van der Waals surface area contributed by atoms with Gasteiger partial charge >= 0.3 is 0 Å². The van der Waals surface area contributed by atoms with Crippen LogP contribution in [0.25, 0.3) is 0 Å². The summed E-state index contributed by atoms with van der Waals surface area (Å²) in [5.74, 6) is 0.426. The van der Waals surface area contributed by atoms with E-state index < -0.39 is 0 Å². The highest BCUT2D eigenvalue weighted by Crippen LogP contribution is 2.17. The van der Waals surface area contributed by atoms with Crippen LogP contribution in [0.15, 0.2) is 66.9 Å². The van der Waals surface area contributed by atoms with Gasteiger partial charge in [-0.25, -0.2) is 4.39 Å². The van der Waals surface area contributed by atoms with Gasteiger partial charge in [0.25, 0.3) is 5.91 Å². The van der Waals surface area contributed by atoms with Crippen molar-refractivity contribution in [3.8, 4) is 5.75 Å². The topological polar surface area (TPSA) is 43.7 Å². The highest BCUT2D eigenvalue weighted by molar-refractivity contribution is 5.94. The summed E-state index contributed by atoms with van der Waals surface area (Å²) in [6.07, 6.45) is 2.72. The molecule has 1 heterocycles. The first-order chi connectivity index (χ1) is 14.6. The first-order valence-electron chi connectivity index (χ1n) is 9.91. The van der Waals surface area contributed by atoms with Crippen LogP contribution < -0.4 is 4.74 Å². The molecule has 3 aromatic rings. The average Bonchev–Trinajstić information content (AvgIpc) is 3.21. The minimum absolute atomic E-state index is 0.0386. The summed E-state index contributed by atoms with van der Waals surface area (Å²) in [4.78, 5) is 15.0. The lowest BCUT2D eigenvalue weighted by molar-refractivity contribution is 0.0720. The third-order valence-corrected chi connectivity index (χ3v) is 4.94. The van der Waals surface area contributed by atoms with Gasteiger partial charge in [-0.2, -0.15) is 0 Å². The largest absolute Gasteiger partial charge is 0.497 e. The number of amides is 1. The Labute approximate surface area is 176 Å². The Kier molecular flexibility index (Phi) is 7.63. The van der Waals surface area contributed by atoms with Crippen molar-refractivity contribution < 1.29 is 18.7 Å². The molecule has 0 radical (unpaired) electrons. The number of aromatic nitrogens is 1. The predicted molar refractivity (Wildman–Crippen MR) is 114 cm³/mol. The van der Waals surface area contributed by atoms with Crippen LogP contribution in [0, 0.1) is 5.82 Å². The Morgan fingerprint density at radius 2 is 1.77 bits per heavy atom. The van der Waals surface area contributed by atoms with Crippen molar-refractivity contribution in [2.24, 2.45) is 0 Å². The second-order valence-electron chi connectivity index (χ2n) is 7.06. The highest BCUT2D eigenvalue weighted by atomic mass is 19.1. The highest BCUT2D eigenvalue weighted by Gasteiger charge is 2.18. The van der Waals surface area contributed by atoms with Gasteiger partial charge in [0, 0.05) is 44.3 Å². The van der Waals surface area contributed by atoms with Gasteiger partial charge in [0.2, 0.25) is 0 Å². The number of halogens is 1. The summed E-state index contributed by atoms with van der Waals surface area (Å²) in [6, 6.07) is 17.6. The molecule has 2 aromatic carbocycles. The lowest BCUT2D eigenvalue weighted by Gasteiger charge is -2.24. The molecule has 1 aromatic heterocycles. The average molecular weight is 410 g/mol. The number of hydrogen-bond acceptors (Lipinski definition) is 3. The number of rotatable bonds is 10. The predicted octanol–water partition coefficient (Wildman–Crippen LogP) is 4.36. The Morgan fingerprint density at radius 1 is 1.03 bits per heavy atom. The molecule has 0 unspecified atom stereocenters. The molecule has 5 nitrogen and oxygen atoms in total. The zero-order valence-corrected chi connectivity index (χ0v) is 17.4. The van der Waals surface area contributed by atoms with Gasteiger partial charge in [0.15, 0.2) is 0 Å². The van der Waals surface area contributed by atoms with E-state index in [1.807, 2.05) is 23.2 Å². The second kappa shape index (κ2) is 10.6. The zero-order valence-electron chi connectivity index (χ0n) is 17.4. The molecule has 0 bridgehead atoms. The number of carbonyl (C=O) groups excluding carboxylic acids is 1. The molecule has 0 saturated carbocycles. The van der Waals surface area contributed by atoms with E-state index in [4.69, 9.17) is 9.47 Å². The van der Waals surface area contributed by atoms with Crippen molar-refractivity contribution in [3.05, 3.63) is 89.5 Å². The molecule has 0 N–H and O–H groups in total. The Bertz CT molecular complexity index is 936. The number of benzene rings is 2. The summed E-state index contributed by atoms with van der Waals surface area (Å²) in [6.45, 7) is 2.26. The molecule has 0 spiro atoms. The van der Waals surface area contributed by atoms with Crippen LogP contribution in [0.5, 0.6) is 5.75 Å². The van der Waals surface area contributed by atoms with E-state index >= 15 is 0 Å². The van der Waals surface area contributed by atoms with Gasteiger partial charge in [-0.15, -0.1) is 0 Å². The number of carbonyl (C=O) groups is 1. The van der Waals surface area contributed by atoms with Crippen LogP contribution in [0.2, 0.25) is 0 Å². The van der Waals surface area contributed by atoms with E-state index in [9.17, 15) is 9.18 Å². The summed E-state index contributed by atoms with van der Waals surface area (Å²) in [5, 5.41) is 0. The minimum Gasteiger partial charge on any atom is -0.497 e. The van der Waals surface area contributed by atoms with E-state index in [-0.39, 0.29) is 11.7 Å². The Balaban J connectivity index is 1.76. The lowest BCUT2D eigenvalue weighted by atomic mass is 10.1. The molecule has 0 saturated heterocycles. The number of hydrogen-bond donors (Lipinski definition) is 0. The molecule has 0 fully saturated rings. The number of methoxy groups -OCH3 is 2. The minimum atomic E-state index is -0.249. The summed E-state index contributed by atoms with van der Waals surface area (Å²) < 4.78 is 25.6. The molecule has 0 aliphatic heterocycles. The third kappa shape index (κ3) is 5.70. The lowest BCUT2D eigenvalue weighted by Crippen LogP contribution is -2.33. The molecule has 30 heavy (non-hydrogen) atoms. The quantitative estimate of drug-likeness (QED) is 0.467. The van der Waals surface area contributed by atoms with Crippen LogP contribution in [-0.4, -0.2) is 42.7 Å². The molecule has 6 heteroatoms. The summed E-state index contributed by atoms with van der Waals surface area (Å²) in [5.41, 5.74) is 2.63. The van der Waals surface area contributed by atoms with Gasteiger partial charge in [-0.3, -0.25) is 4.79 Å². The first-order valence-corrected chi connectivity index (χ1v) is 9.91. The SMILES string of the molecule is COCCCN(Cc1cccn1Cc1ccc(F)cc1)C(=O)c1ccc(OC)cc1. The van der Waals surface area contributed by atoms with Gasteiger partial charge in [0.05, 0.1) is 13.7 Å². The number of nitrogens with zero attached hydrogens (tertiary/aromatic N) is 2. The van der Waals surface area contributed by atoms with E-state index in [1.165, 1.54) is 12.1 Å². The van der Waals surface area contributed by atoms with Crippen molar-refractivity contribution in [3.63, 3.8) is 0 Å². The van der Waals surface area contributed by atoms with Crippen LogP contribution in [-0.2, 0) is 17.8 Å². The van der Waals surface area contributed by atoms with E-state index in [2.05, 4.69) is 4.57 Å². The molecular formula is C24H27FN2O3. The van der Waals surface area contributed by atoms with E-state index in [1.54, 1.807) is 50.6 Å². The van der Waals surface area contributed by atoms with Crippen LogP contribution >= 0.6 is 0 Å². The standard InChI is InChI=1S/C24H27FN2O3/c1-29-16-4-15-27(24(28)20-8-12-23(30-2)13-9-20)18-22-5-3-14-26(22)17-19-6-10-21(25)11-7-19/h3,5-14H,4,15-18H2,1-2H3. The van der Waals surface area contributed by atoms with Crippen LogP contribution in [0.4, 0.5) is 4.39 Å². The molecule has 158 valence electrons. The molecule has 1 amide bonds. The normalized spacial score (nSPS) is 10.8. The molecule has 0 atom stereocenters. The number of ether oxygens (including phenoxy) is 2. The summed E-state index contributed by atoms with van der Waals surface area (Å²) in [7, 11) is 3.26. The van der Waals surface area contributed by atoms with Gasteiger partial charge < -0.3 is 18.9 Å². The summed E-state index contributed by atoms with van der Waals surface area (Å²) >= 11 is 0. The van der Waals surface area contributed by atoms with Crippen molar-refractivity contribution in [1.82, 2.24) is 9.47 Å². The van der Waals surface area contributed by atoms with Crippen molar-refractivity contribution in [2.75, 3.05) is 27.4 Å². The Morgan fingerprint density at radius 3 is 2.43 bits per heavy atom. The maximum atomic E-state index is 13.2.